The van der Waals surface area contributed by atoms with E-state index in [0.29, 0.717) is 30.0 Å². The highest BCUT2D eigenvalue weighted by Gasteiger charge is 2.46. The normalized spacial score (nSPS) is 18.4. The fourth-order valence-electron chi connectivity index (χ4n) is 5.30. The SMILES string of the molecule is CCc1ccccc1NC(=O)[C@@H]1c2ccccc2C(=O)N2CCc3cc(OC)c(OC)cc3[C@@H]12. The molecule has 2 aliphatic rings. The summed E-state index contributed by atoms with van der Waals surface area (Å²) in [6, 6.07) is 18.8. The van der Waals surface area contributed by atoms with Crippen LogP contribution in [-0.4, -0.2) is 37.5 Å². The summed E-state index contributed by atoms with van der Waals surface area (Å²) < 4.78 is 11.1. The van der Waals surface area contributed by atoms with Crippen LogP contribution < -0.4 is 14.8 Å². The molecule has 2 aliphatic heterocycles. The van der Waals surface area contributed by atoms with Crippen molar-refractivity contribution in [3.8, 4) is 11.5 Å². The number of nitrogens with one attached hydrogen (secondary N) is 1. The average Bonchev–Trinajstić information content (AvgIpc) is 2.88. The zero-order valence-electron chi connectivity index (χ0n) is 19.6. The van der Waals surface area contributed by atoms with Crippen molar-refractivity contribution >= 4 is 17.5 Å². The number of methoxy groups -OCH3 is 2. The molecule has 0 radical (unpaired) electrons. The summed E-state index contributed by atoms with van der Waals surface area (Å²) in [6.07, 6.45) is 1.50. The van der Waals surface area contributed by atoms with E-state index in [0.717, 1.165) is 34.4 Å². The number of para-hydroxylation sites is 1. The van der Waals surface area contributed by atoms with Crippen molar-refractivity contribution in [2.45, 2.75) is 31.7 Å². The van der Waals surface area contributed by atoms with Gasteiger partial charge in [-0.05, 0) is 59.4 Å². The van der Waals surface area contributed by atoms with Crippen LogP contribution in [0.2, 0.25) is 0 Å². The van der Waals surface area contributed by atoms with Gasteiger partial charge in [0.15, 0.2) is 11.5 Å². The van der Waals surface area contributed by atoms with Gasteiger partial charge in [-0.15, -0.1) is 0 Å². The molecule has 0 saturated carbocycles. The zero-order chi connectivity index (χ0) is 23.8. The summed E-state index contributed by atoms with van der Waals surface area (Å²) in [5, 5.41) is 3.17. The number of ether oxygens (including phenoxy) is 2. The Balaban J connectivity index is 1.66. The molecule has 2 heterocycles. The molecule has 0 unspecified atom stereocenters. The first-order valence-corrected chi connectivity index (χ1v) is 11.6. The third-order valence-corrected chi connectivity index (χ3v) is 6.96. The quantitative estimate of drug-likeness (QED) is 0.602. The van der Waals surface area contributed by atoms with Gasteiger partial charge in [-0.2, -0.15) is 0 Å². The number of hydrogen-bond donors (Lipinski definition) is 1. The minimum absolute atomic E-state index is 0.0426. The van der Waals surface area contributed by atoms with E-state index in [-0.39, 0.29) is 11.8 Å². The van der Waals surface area contributed by atoms with Crippen molar-refractivity contribution in [3.63, 3.8) is 0 Å². The summed E-state index contributed by atoms with van der Waals surface area (Å²) in [6.45, 7) is 2.61. The van der Waals surface area contributed by atoms with Crippen LogP contribution in [0, 0.1) is 0 Å². The monoisotopic (exact) mass is 456 g/mol. The Morgan fingerprint density at radius 2 is 1.71 bits per heavy atom. The van der Waals surface area contributed by atoms with Gasteiger partial charge in [-0.1, -0.05) is 43.3 Å². The minimum atomic E-state index is -0.559. The first kappa shape index (κ1) is 22.0. The second-order valence-corrected chi connectivity index (χ2v) is 8.66. The number of carbonyl (C=O) groups is 2. The van der Waals surface area contributed by atoms with Crippen molar-refractivity contribution in [1.29, 1.82) is 0 Å². The zero-order valence-corrected chi connectivity index (χ0v) is 19.6. The molecule has 3 aromatic rings. The van der Waals surface area contributed by atoms with Crippen LogP contribution in [0.25, 0.3) is 0 Å². The molecule has 3 aromatic carbocycles. The smallest absolute Gasteiger partial charge is 0.254 e. The Labute approximate surface area is 199 Å². The van der Waals surface area contributed by atoms with E-state index >= 15 is 0 Å². The number of nitrogens with zero attached hydrogens (tertiary/aromatic N) is 1. The van der Waals surface area contributed by atoms with Gasteiger partial charge in [0.25, 0.3) is 5.91 Å². The van der Waals surface area contributed by atoms with E-state index in [1.54, 1.807) is 14.2 Å². The van der Waals surface area contributed by atoms with Crippen molar-refractivity contribution in [1.82, 2.24) is 4.90 Å². The number of aryl methyl sites for hydroxylation is 1. The number of hydrogen-bond acceptors (Lipinski definition) is 4. The molecule has 0 saturated heterocycles. The lowest BCUT2D eigenvalue weighted by Crippen LogP contribution is -2.49. The van der Waals surface area contributed by atoms with Crippen LogP contribution in [0.5, 0.6) is 11.5 Å². The number of benzene rings is 3. The van der Waals surface area contributed by atoms with Crippen LogP contribution in [0.4, 0.5) is 5.69 Å². The third-order valence-electron chi connectivity index (χ3n) is 6.96. The second-order valence-electron chi connectivity index (χ2n) is 8.66. The molecule has 0 spiro atoms. The maximum absolute atomic E-state index is 13.9. The molecule has 6 heteroatoms. The number of rotatable bonds is 5. The molecule has 0 fully saturated rings. The van der Waals surface area contributed by atoms with Gasteiger partial charge in [0, 0.05) is 17.8 Å². The molecule has 174 valence electrons. The van der Waals surface area contributed by atoms with Crippen molar-refractivity contribution in [2.24, 2.45) is 0 Å². The summed E-state index contributed by atoms with van der Waals surface area (Å²) >= 11 is 0. The van der Waals surface area contributed by atoms with E-state index in [9.17, 15) is 9.59 Å². The Kier molecular flexibility index (Phi) is 5.74. The van der Waals surface area contributed by atoms with Crippen LogP contribution in [0.1, 0.15) is 51.5 Å². The Morgan fingerprint density at radius 1 is 1.00 bits per heavy atom. The van der Waals surface area contributed by atoms with E-state index in [1.807, 2.05) is 65.6 Å². The molecule has 1 N–H and O–H groups in total. The van der Waals surface area contributed by atoms with Crippen LogP contribution in [-0.2, 0) is 17.6 Å². The molecule has 2 atom stereocenters. The predicted octanol–water partition coefficient (Wildman–Crippen LogP) is 4.74. The van der Waals surface area contributed by atoms with Gasteiger partial charge < -0.3 is 19.7 Å². The third kappa shape index (κ3) is 3.50. The molecular weight excluding hydrogens is 428 g/mol. The van der Waals surface area contributed by atoms with Gasteiger partial charge >= 0.3 is 0 Å². The van der Waals surface area contributed by atoms with Crippen molar-refractivity contribution < 1.29 is 19.1 Å². The maximum atomic E-state index is 13.9. The Bertz CT molecular complexity index is 1270. The average molecular weight is 457 g/mol. The lowest BCUT2D eigenvalue weighted by atomic mass is 9.75. The fraction of sp³-hybridized carbons (Fsp3) is 0.286. The molecule has 0 aliphatic carbocycles. The summed E-state index contributed by atoms with van der Waals surface area (Å²) in [4.78, 5) is 29.3. The largest absolute Gasteiger partial charge is 0.493 e. The lowest BCUT2D eigenvalue weighted by molar-refractivity contribution is -0.119. The maximum Gasteiger partial charge on any atom is 0.254 e. The first-order chi connectivity index (χ1) is 16.6. The predicted molar refractivity (Wildman–Crippen MR) is 131 cm³/mol. The standard InChI is InChI=1S/C28H28N2O4/c1-4-17-9-5-8-12-22(17)29-27(31)25-19-10-6-7-11-20(19)28(32)30-14-13-18-15-23(33-2)24(34-3)16-21(18)26(25)30/h5-12,15-16,25-26H,4,13-14H2,1-3H3,(H,29,31)/t25-,26+/m1/s1. The summed E-state index contributed by atoms with van der Waals surface area (Å²) in [7, 11) is 3.21. The number of amides is 2. The highest BCUT2D eigenvalue weighted by molar-refractivity contribution is 6.04. The van der Waals surface area contributed by atoms with Crippen LogP contribution >= 0.6 is 0 Å². The van der Waals surface area contributed by atoms with Gasteiger partial charge in [0.2, 0.25) is 5.91 Å². The fourth-order valence-corrected chi connectivity index (χ4v) is 5.30. The molecule has 6 nitrogen and oxygen atoms in total. The summed E-state index contributed by atoms with van der Waals surface area (Å²) in [5.41, 5.74) is 5.21. The first-order valence-electron chi connectivity index (χ1n) is 11.6. The molecule has 5 rings (SSSR count). The minimum Gasteiger partial charge on any atom is -0.493 e. The van der Waals surface area contributed by atoms with Gasteiger partial charge in [0.1, 0.15) is 0 Å². The number of anilines is 1. The summed E-state index contributed by atoms with van der Waals surface area (Å²) in [5.74, 6) is 0.508. The second kappa shape index (κ2) is 8.86. The van der Waals surface area contributed by atoms with E-state index in [4.69, 9.17) is 9.47 Å². The van der Waals surface area contributed by atoms with Crippen molar-refractivity contribution in [3.05, 3.63) is 88.5 Å². The number of carbonyl (C=O) groups excluding carboxylic acids is 2. The van der Waals surface area contributed by atoms with Gasteiger partial charge in [-0.25, -0.2) is 0 Å². The highest BCUT2D eigenvalue weighted by atomic mass is 16.5. The molecule has 34 heavy (non-hydrogen) atoms. The van der Waals surface area contributed by atoms with Crippen LogP contribution in [0.3, 0.4) is 0 Å². The lowest BCUT2D eigenvalue weighted by Gasteiger charge is -2.45. The molecule has 0 aromatic heterocycles. The Hall–Kier alpha value is -3.80. The van der Waals surface area contributed by atoms with Gasteiger partial charge in [0.05, 0.1) is 26.2 Å². The molecular formula is C28H28N2O4. The van der Waals surface area contributed by atoms with E-state index in [1.165, 1.54) is 0 Å². The van der Waals surface area contributed by atoms with Crippen molar-refractivity contribution in [2.75, 3.05) is 26.1 Å². The molecule has 0 bridgehead atoms. The highest BCUT2D eigenvalue weighted by Crippen LogP contribution is 2.48. The topological polar surface area (TPSA) is 67.9 Å². The number of fused-ring (bicyclic) bond motifs is 4. The van der Waals surface area contributed by atoms with Crippen LogP contribution in [0.15, 0.2) is 60.7 Å². The van der Waals surface area contributed by atoms with Gasteiger partial charge in [-0.3, -0.25) is 9.59 Å². The Morgan fingerprint density at radius 3 is 2.47 bits per heavy atom. The molecule has 2 amide bonds. The van der Waals surface area contributed by atoms with E-state index < -0.39 is 12.0 Å². The van der Waals surface area contributed by atoms with E-state index in [2.05, 4.69) is 12.2 Å².